The van der Waals surface area contributed by atoms with Crippen molar-refractivity contribution in [2.75, 3.05) is 18.8 Å². The number of rotatable bonds is 6. The Hall–Kier alpha value is -2.49. The van der Waals surface area contributed by atoms with Crippen molar-refractivity contribution >= 4 is 46.3 Å². The predicted octanol–water partition coefficient (Wildman–Crippen LogP) is 6.01. The number of aromatic nitrogens is 1. The maximum atomic E-state index is 13.2. The van der Waals surface area contributed by atoms with Gasteiger partial charge in [-0.3, -0.25) is 14.9 Å². The number of amides is 1. The topological polar surface area (TPSA) is 76.3 Å². The van der Waals surface area contributed by atoms with Gasteiger partial charge < -0.3 is 4.90 Å². The molecule has 1 aliphatic heterocycles. The van der Waals surface area contributed by atoms with Gasteiger partial charge >= 0.3 is 0 Å². The summed E-state index contributed by atoms with van der Waals surface area (Å²) in [6.45, 7) is 1.25. The van der Waals surface area contributed by atoms with Crippen molar-refractivity contribution in [3.8, 4) is 11.3 Å². The maximum absolute atomic E-state index is 13.2. The number of piperidine rings is 1. The number of thioether (sulfide) groups is 1. The van der Waals surface area contributed by atoms with Crippen LogP contribution >= 0.6 is 34.7 Å². The quantitative estimate of drug-likeness (QED) is 0.240. The molecule has 0 radical (unpaired) electrons. The lowest BCUT2D eigenvalue weighted by Gasteiger charge is -2.31. The van der Waals surface area contributed by atoms with Crippen molar-refractivity contribution in [2.45, 2.75) is 23.7 Å². The largest absolute Gasteiger partial charge is 0.342 e. The first kappa shape index (κ1) is 22.7. The molecule has 2 aromatic carbocycles. The van der Waals surface area contributed by atoms with Gasteiger partial charge in [0.2, 0.25) is 5.91 Å². The molecule has 2 heterocycles. The molecule has 32 heavy (non-hydrogen) atoms. The van der Waals surface area contributed by atoms with E-state index in [-0.39, 0.29) is 23.3 Å². The van der Waals surface area contributed by atoms with E-state index < -0.39 is 10.7 Å². The van der Waals surface area contributed by atoms with E-state index in [0.717, 1.165) is 17.8 Å². The Kier molecular flexibility index (Phi) is 7.07. The minimum atomic E-state index is -0.403. The Labute approximate surface area is 197 Å². The van der Waals surface area contributed by atoms with Gasteiger partial charge in [0.1, 0.15) is 5.82 Å². The van der Waals surface area contributed by atoms with Crippen LogP contribution < -0.4 is 0 Å². The van der Waals surface area contributed by atoms with Gasteiger partial charge in [0.25, 0.3) is 5.69 Å². The van der Waals surface area contributed by atoms with Gasteiger partial charge in [-0.25, -0.2) is 9.37 Å². The molecule has 0 unspecified atom stereocenters. The number of hydrogen-bond donors (Lipinski definition) is 0. The first-order chi connectivity index (χ1) is 15.4. The molecular formula is C22H19ClFN3O3S2. The van der Waals surface area contributed by atoms with Crippen molar-refractivity contribution < 1.29 is 14.1 Å². The lowest BCUT2D eigenvalue weighted by atomic mass is 9.97. The fourth-order valence-electron chi connectivity index (χ4n) is 3.65. The summed E-state index contributed by atoms with van der Waals surface area (Å²) >= 11 is 8.84. The SMILES string of the molecule is O=C(CSc1ccc(F)cc1Cl)N1CCC(c2nc(-c3ccccc3[N+](=O)[O-])cs2)CC1. The summed E-state index contributed by atoms with van der Waals surface area (Å²) in [5.41, 5.74) is 1.18. The zero-order chi connectivity index (χ0) is 22.7. The van der Waals surface area contributed by atoms with Crippen molar-refractivity contribution in [1.82, 2.24) is 9.88 Å². The number of thiazole rings is 1. The molecule has 1 aliphatic rings. The minimum absolute atomic E-state index is 0.0218. The van der Waals surface area contributed by atoms with E-state index in [2.05, 4.69) is 4.98 Å². The Morgan fingerprint density at radius 2 is 2.03 bits per heavy atom. The van der Waals surface area contributed by atoms with Crippen molar-refractivity contribution in [3.63, 3.8) is 0 Å². The number of halogens is 2. The van der Waals surface area contributed by atoms with Crippen LogP contribution in [-0.2, 0) is 4.79 Å². The molecule has 4 rings (SSSR count). The summed E-state index contributed by atoms with van der Waals surface area (Å²) in [5.74, 6) is 0.0862. The first-order valence-electron chi connectivity index (χ1n) is 9.97. The van der Waals surface area contributed by atoms with Crippen molar-refractivity contribution in [3.05, 3.63) is 73.8 Å². The molecule has 0 saturated carbocycles. The van der Waals surface area contributed by atoms with E-state index in [1.165, 1.54) is 41.3 Å². The summed E-state index contributed by atoms with van der Waals surface area (Å²) in [5, 5.41) is 14.4. The molecule has 3 aromatic rings. The lowest BCUT2D eigenvalue weighted by molar-refractivity contribution is -0.384. The second-order valence-electron chi connectivity index (χ2n) is 7.36. The second kappa shape index (κ2) is 9.97. The number of nitro benzene ring substituents is 1. The van der Waals surface area contributed by atoms with Gasteiger partial charge in [-0.15, -0.1) is 23.1 Å². The Morgan fingerprint density at radius 3 is 2.75 bits per heavy atom. The Morgan fingerprint density at radius 1 is 1.28 bits per heavy atom. The normalized spacial score (nSPS) is 14.5. The van der Waals surface area contributed by atoms with Crippen LogP contribution in [0.15, 0.2) is 52.7 Å². The van der Waals surface area contributed by atoms with E-state index in [0.29, 0.717) is 34.3 Å². The molecule has 1 amide bonds. The van der Waals surface area contributed by atoms with E-state index in [4.69, 9.17) is 11.6 Å². The Balaban J connectivity index is 1.34. The van der Waals surface area contributed by atoms with Crippen LogP contribution in [0.25, 0.3) is 11.3 Å². The molecule has 10 heteroatoms. The van der Waals surface area contributed by atoms with Gasteiger partial charge in [-0.1, -0.05) is 23.7 Å². The molecule has 0 atom stereocenters. The highest BCUT2D eigenvalue weighted by atomic mass is 35.5. The van der Waals surface area contributed by atoms with Crippen LogP contribution in [0.4, 0.5) is 10.1 Å². The fourth-order valence-corrected chi connectivity index (χ4v) is 5.79. The molecule has 6 nitrogen and oxygen atoms in total. The molecule has 166 valence electrons. The van der Waals surface area contributed by atoms with Crippen LogP contribution in [0, 0.1) is 15.9 Å². The van der Waals surface area contributed by atoms with E-state index in [1.807, 2.05) is 10.3 Å². The number of hydrogen-bond acceptors (Lipinski definition) is 6. The van der Waals surface area contributed by atoms with Gasteiger partial charge in [0.05, 0.1) is 32.0 Å². The number of benzene rings is 2. The van der Waals surface area contributed by atoms with Crippen molar-refractivity contribution in [1.29, 1.82) is 0 Å². The predicted molar refractivity (Wildman–Crippen MR) is 125 cm³/mol. The molecule has 0 spiro atoms. The Bertz CT molecular complexity index is 1150. The zero-order valence-corrected chi connectivity index (χ0v) is 19.3. The third-order valence-corrected chi connectivity index (χ3v) is 7.83. The van der Waals surface area contributed by atoms with Gasteiger partial charge in [-0.2, -0.15) is 0 Å². The molecule has 1 saturated heterocycles. The maximum Gasteiger partial charge on any atom is 0.278 e. The monoisotopic (exact) mass is 491 g/mol. The number of nitrogens with zero attached hydrogens (tertiary/aromatic N) is 3. The fraction of sp³-hybridized carbons (Fsp3) is 0.273. The smallest absolute Gasteiger partial charge is 0.278 e. The molecule has 0 aliphatic carbocycles. The molecule has 1 fully saturated rings. The average Bonchev–Trinajstić information content (AvgIpc) is 3.28. The summed E-state index contributed by atoms with van der Waals surface area (Å²) in [4.78, 5) is 30.7. The summed E-state index contributed by atoms with van der Waals surface area (Å²) in [7, 11) is 0. The van der Waals surface area contributed by atoms with Crippen LogP contribution in [0.2, 0.25) is 5.02 Å². The summed E-state index contributed by atoms with van der Waals surface area (Å²) in [6.07, 6.45) is 1.58. The first-order valence-corrected chi connectivity index (χ1v) is 12.2. The number of likely N-dealkylation sites (tertiary alicyclic amines) is 1. The summed E-state index contributed by atoms with van der Waals surface area (Å²) < 4.78 is 13.2. The van der Waals surface area contributed by atoms with Gasteiger partial charge in [0.15, 0.2) is 0 Å². The second-order valence-corrected chi connectivity index (χ2v) is 9.68. The number of carbonyl (C=O) groups is 1. The highest BCUT2D eigenvalue weighted by Crippen LogP contribution is 2.36. The standard InChI is InChI=1S/C22H19ClFN3O3S2/c23-17-11-15(24)5-6-20(17)31-13-21(28)26-9-7-14(8-10-26)22-25-18(12-32-22)16-3-1-2-4-19(16)27(29)30/h1-6,11-12,14H,7-10,13H2. The average molecular weight is 492 g/mol. The third kappa shape index (κ3) is 5.11. The number of nitro groups is 1. The summed E-state index contributed by atoms with van der Waals surface area (Å²) in [6, 6.07) is 10.8. The molecule has 0 N–H and O–H groups in total. The van der Waals surface area contributed by atoms with Gasteiger partial charge in [-0.05, 0) is 37.1 Å². The van der Waals surface area contributed by atoms with E-state index in [1.54, 1.807) is 24.3 Å². The lowest BCUT2D eigenvalue weighted by Crippen LogP contribution is -2.38. The van der Waals surface area contributed by atoms with Crippen LogP contribution in [0.5, 0.6) is 0 Å². The molecule has 0 bridgehead atoms. The third-order valence-electron chi connectivity index (χ3n) is 5.34. The number of carbonyl (C=O) groups excluding carboxylic acids is 1. The van der Waals surface area contributed by atoms with E-state index in [9.17, 15) is 19.3 Å². The van der Waals surface area contributed by atoms with Crippen LogP contribution in [0.3, 0.4) is 0 Å². The molecular weight excluding hydrogens is 473 g/mol. The number of para-hydroxylation sites is 1. The van der Waals surface area contributed by atoms with Gasteiger partial charge in [0, 0.05) is 35.3 Å². The van der Waals surface area contributed by atoms with E-state index >= 15 is 0 Å². The van der Waals surface area contributed by atoms with Crippen LogP contribution in [0.1, 0.15) is 23.8 Å². The molecule has 1 aromatic heterocycles. The minimum Gasteiger partial charge on any atom is -0.342 e. The van der Waals surface area contributed by atoms with Crippen molar-refractivity contribution in [2.24, 2.45) is 0 Å². The van der Waals surface area contributed by atoms with Crippen LogP contribution in [-0.4, -0.2) is 39.6 Å². The highest BCUT2D eigenvalue weighted by molar-refractivity contribution is 8.00. The highest BCUT2D eigenvalue weighted by Gasteiger charge is 2.26. The zero-order valence-electron chi connectivity index (χ0n) is 16.9.